The molecule has 5 aromatic rings. The van der Waals surface area contributed by atoms with Crippen LogP contribution in [0.4, 0.5) is 5.82 Å². The molecule has 0 aliphatic carbocycles. The van der Waals surface area contributed by atoms with Gasteiger partial charge in [0.25, 0.3) is 0 Å². The number of pyridine rings is 2. The summed E-state index contributed by atoms with van der Waals surface area (Å²) < 4.78 is 7.05. The molecule has 1 amide bonds. The maximum Gasteiger partial charge on any atom is 0.417 e. The van der Waals surface area contributed by atoms with Crippen LogP contribution in [-0.2, 0) is 4.79 Å². The zero-order valence-electron chi connectivity index (χ0n) is 19.3. The minimum absolute atomic E-state index is 0.202. The number of fused-ring (bicyclic) bond motifs is 2. The van der Waals surface area contributed by atoms with Crippen molar-refractivity contribution in [3.05, 3.63) is 82.2 Å². The van der Waals surface area contributed by atoms with Gasteiger partial charge < -0.3 is 15.1 Å². The number of H-pyrrole nitrogens is 1. The van der Waals surface area contributed by atoms with E-state index in [0.717, 1.165) is 22.6 Å². The van der Waals surface area contributed by atoms with Gasteiger partial charge in [-0.25, -0.2) is 14.8 Å². The molecule has 1 atom stereocenters. The standard InChI is InChI=1S/C26H22N6O3/c1-15-24(32-13-5-4-6-23(32)28-15)18-9-12-22(31-25(33)16(2)27-3)29-19(18)10-7-17-8-11-21-20(14-17)30-26(34)35-21/h4-6,8-9,11-14,16,27H,1-3H3,(H,30,34)(H,29,31,33). The third-order valence-electron chi connectivity index (χ3n) is 5.68. The number of carbonyl (C=O) groups is 1. The van der Waals surface area contributed by atoms with E-state index in [-0.39, 0.29) is 11.9 Å². The number of anilines is 1. The number of likely N-dealkylation sites (N-methyl/N-ethyl adjacent to an activating group) is 1. The van der Waals surface area contributed by atoms with Crippen molar-refractivity contribution < 1.29 is 9.21 Å². The molecule has 0 aliphatic heterocycles. The molecule has 0 saturated carbocycles. The Morgan fingerprint density at radius 2 is 2.00 bits per heavy atom. The predicted molar refractivity (Wildman–Crippen MR) is 133 cm³/mol. The fourth-order valence-electron chi connectivity index (χ4n) is 3.78. The van der Waals surface area contributed by atoms with E-state index in [0.29, 0.717) is 28.2 Å². The van der Waals surface area contributed by atoms with E-state index in [1.54, 1.807) is 38.2 Å². The fraction of sp³-hybridized carbons (Fsp3) is 0.154. The quantitative estimate of drug-likeness (QED) is 0.351. The number of amides is 1. The first kappa shape index (κ1) is 22.1. The third-order valence-corrected chi connectivity index (χ3v) is 5.68. The van der Waals surface area contributed by atoms with Crippen LogP contribution in [0, 0.1) is 18.8 Å². The Labute approximate surface area is 200 Å². The first-order valence-electron chi connectivity index (χ1n) is 11.0. The molecule has 0 saturated heterocycles. The van der Waals surface area contributed by atoms with Crippen LogP contribution in [0.15, 0.2) is 63.9 Å². The third kappa shape index (κ3) is 4.30. The number of aromatic amines is 1. The minimum Gasteiger partial charge on any atom is -0.408 e. The molecule has 9 nitrogen and oxygen atoms in total. The van der Waals surface area contributed by atoms with E-state index in [2.05, 4.69) is 37.4 Å². The van der Waals surface area contributed by atoms with Crippen molar-refractivity contribution in [1.29, 1.82) is 0 Å². The summed E-state index contributed by atoms with van der Waals surface area (Å²) in [7, 11) is 1.72. The summed E-state index contributed by atoms with van der Waals surface area (Å²) >= 11 is 0. The highest BCUT2D eigenvalue weighted by Crippen LogP contribution is 2.28. The highest BCUT2D eigenvalue weighted by Gasteiger charge is 2.17. The van der Waals surface area contributed by atoms with Crippen molar-refractivity contribution in [1.82, 2.24) is 24.7 Å². The van der Waals surface area contributed by atoms with Crippen LogP contribution in [0.5, 0.6) is 0 Å². The molecule has 9 heteroatoms. The van der Waals surface area contributed by atoms with Crippen LogP contribution in [0.3, 0.4) is 0 Å². The Balaban J connectivity index is 1.63. The first-order valence-corrected chi connectivity index (χ1v) is 11.0. The SMILES string of the molecule is CNC(C)C(=O)Nc1ccc(-c2c(C)nc3ccccn23)c(C#Cc2ccc3oc(=O)[nH]c3c2)n1. The molecule has 0 aliphatic rings. The van der Waals surface area contributed by atoms with Crippen LogP contribution >= 0.6 is 0 Å². The Hall–Kier alpha value is -4.68. The topological polar surface area (TPSA) is 117 Å². The summed E-state index contributed by atoms with van der Waals surface area (Å²) in [5.41, 5.74) is 5.48. The van der Waals surface area contributed by atoms with E-state index in [1.165, 1.54) is 0 Å². The van der Waals surface area contributed by atoms with Crippen molar-refractivity contribution in [2.24, 2.45) is 0 Å². The summed E-state index contributed by atoms with van der Waals surface area (Å²) in [4.78, 5) is 35.8. The van der Waals surface area contributed by atoms with Gasteiger partial charge in [-0.3, -0.25) is 14.2 Å². The Morgan fingerprint density at radius 1 is 1.14 bits per heavy atom. The van der Waals surface area contributed by atoms with Gasteiger partial charge in [0.1, 0.15) is 17.2 Å². The number of oxazole rings is 1. The van der Waals surface area contributed by atoms with E-state index >= 15 is 0 Å². The molecule has 1 aromatic carbocycles. The van der Waals surface area contributed by atoms with Gasteiger partial charge in [-0.15, -0.1) is 0 Å². The van der Waals surface area contributed by atoms with Gasteiger partial charge in [0.15, 0.2) is 5.58 Å². The molecular formula is C26H22N6O3. The molecule has 5 rings (SSSR count). The summed E-state index contributed by atoms with van der Waals surface area (Å²) in [6.45, 7) is 3.70. The summed E-state index contributed by atoms with van der Waals surface area (Å²) in [6.07, 6.45) is 1.94. The maximum absolute atomic E-state index is 12.4. The number of aryl methyl sites for hydroxylation is 1. The monoisotopic (exact) mass is 466 g/mol. The van der Waals surface area contributed by atoms with Gasteiger partial charge in [-0.1, -0.05) is 12.0 Å². The average molecular weight is 467 g/mol. The normalized spacial score (nSPS) is 11.9. The number of aromatic nitrogens is 4. The average Bonchev–Trinajstić information content (AvgIpc) is 3.39. The number of rotatable bonds is 4. The van der Waals surface area contributed by atoms with Crippen LogP contribution in [0.1, 0.15) is 23.9 Å². The second-order valence-corrected chi connectivity index (χ2v) is 8.04. The highest BCUT2D eigenvalue weighted by molar-refractivity contribution is 5.94. The molecule has 0 spiro atoms. The van der Waals surface area contributed by atoms with E-state index in [1.807, 2.05) is 41.8 Å². The largest absolute Gasteiger partial charge is 0.417 e. The number of hydrogen-bond donors (Lipinski definition) is 3. The van der Waals surface area contributed by atoms with E-state index in [4.69, 9.17) is 4.42 Å². The minimum atomic E-state index is -0.517. The Kier molecular flexibility index (Phi) is 5.65. The lowest BCUT2D eigenvalue weighted by atomic mass is 10.1. The molecule has 0 radical (unpaired) electrons. The zero-order valence-corrected chi connectivity index (χ0v) is 19.3. The molecule has 35 heavy (non-hydrogen) atoms. The van der Waals surface area contributed by atoms with Crippen LogP contribution in [0.2, 0.25) is 0 Å². The summed E-state index contributed by atoms with van der Waals surface area (Å²) in [6, 6.07) is 14.3. The number of benzene rings is 1. The predicted octanol–water partition coefficient (Wildman–Crippen LogP) is 3.09. The van der Waals surface area contributed by atoms with Gasteiger partial charge in [0.2, 0.25) is 5.91 Å². The smallest absolute Gasteiger partial charge is 0.408 e. The summed E-state index contributed by atoms with van der Waals surface area (Å²) in [5.74, 6) is 5.94. The van der Waals surface area contributed by atoms with Crippen molar-refractivity contribution in [3.8, 4) is 23.1 Å². The number of carbonyl (C=O) groups excluding carboxylic acids is 1. The van der Waals surface area contributed by atoms with Crippen LogP contribution in [-0.4, -0.2) is 38.3 Å². The van der Waals surface area contributed by atoms with Gasteiger partial charge in [-0.2, -0.15) is 0 Å². The second-order valence-electron chi connectivity index (χ2n) is 8.04. The van der Waals surface area contributed by atoms with E-state index in [9.17, 15) is 9.59 Å². The molecular weight excluding hydrogens is 444 g/mol. The lowest BCUT2D eigenvalue weighted by Crippen LogP contribution is -2.35. The van der Waals surface area contributed by atoms with E-state index < -0.39 is 5.76 Å². The Morgan fingerprint density at radius 3 is 2.83 bits per heavy atom. The number of nitrogens with zero attached hydrogens (tertiary/aromatic N) is 3. The maximum atomic E-state index is 12.4. The number of hydrogen-bond acceptors (Lipinski definition) is 6. The van der Waals surface area contributed by atoms with Crippen molar-refractivity contribution in [3.63, 3.8) is 0 Å². The van der Waals surface area contributed by atoms with Gasteiger partial charge >= 0.3 is 5.76 Å². The number of nitrogens with one attached hydrogen (secondary N) is 3. The van der Waals surface area contributed by atoms with Crippen molar-refractivity contribution in [2.45, 2.75) is 19.9 Å². The van der Waals surface area contributed by atoms with Crippen molar-refractivity contribution >= 4 is 28.5 Å². The summed E-state index contributed by atoms with van der Waals surface area (Å²) in [5, 5.41) is 5.74. The fourth-order valence-corrected chi connectivity index (χ4v) is 3.78. The first-order chi connectivity index (χ1) is 16.9. The Bertz CT molecular complexity index is 1700. The molecule has 0 fully saturated rings. The van der Waals surface area contributed by atoms with Gasteiger partial charge in [0.05, 0.1) is 22.9 Å². The lowest BCUT2D eigenvalue weighted by Gasteiger charge is -2.12. The van der Waals surface area contributed by atoms with Crippen molar-refractivity contribution in [2.75, 3.05) is 12.4 Å². The molecule has 0 bridgehead atoms. The lowest BCUT2D eigenvalue weighted by molar-refractivity contribution is -0.117. The van der Waals surface area contributed by atoms with Gasteiger partial charge in [0, 0.05) is 17.3 Å². The van der Waals surface area contributed by atoms with Crippen LogP contribution < -0.4 is 16.4 Å². The second kappa shape index (κ2) is 8.93. The van der Waals surface area contributed by atoms with Gasteiger partial charge in [-0.05, 0) is 69.3 Å². The van der Waals surface area contributed by atoms with Crippen LogP contribution in [0.25, 0.3) is 28.0 Å². The molecule has 4 heterocycles. The zero-order chi connectivity index (χ0) is 24.5. The molecule has 4 aromatic heterocycles. The highest BCUT2D eigenvalue weighted by atomic mass is 16.4. The molecule has 1 unspecified atom stereocenters. The molecule has 174 valence electrons. The molecule has 3 N–H and O–H groups in total. The number of imidazole rings is 1.